The second-order valence-electron chi connectivity index (χ2n) is 5.94. The summed E-state index contributed by atoms with van der Waals surface area (Å²) in [5.41, 5.74) is 8.40. The van der Waals surface area contributed by atoms with E-state index in [9.17, 15) is 14.7 Å². The summed E-state index contributed by atoms with van der Waals surface area (Å²) in [5, 5.41) is 12.7. The topological polar surface area (TPSA) is 110 Å². The zero-order valence-electron chi connectivity index (χ0n) is 14.4. The minimum absolute atomic E-state index is 0.0612. The van der Waals surface area contributed by atoms with E-state index in [1.807, 2.05) is 35.0 Å². The van der Waals surface area contributed by atoms with E-state index in [2.05, 4.69) is 10.3 Å². The number of nitrogens with two attached hydrogens (primary N) is 1. The highest BCUT2D eigenvalue weighted by atomic mass is 16.3. The highest BCUT2D eigenvalue weighted by Crippen LogP contribution is 2.23. The van der Waals surface area contributed by atoms with Crippen molar-refractivity contribution in [1.29, 1.82) is 0 Å². The molecule has 1 aromatic carbocycles. The Morgan fingerprint density at radius 2 is 2.08 bits per heavy atom. The standard InChI is InChI=1S/C19H20N4O3/c1-21-19(26)16-11-13(18(20)25)10-14(22-16)9-12-3-2-4-17-15(12)5-6-23(17)7-8-24/h2-6,10-11,24H,7-9H2,1H3,(H2,20,25)(H,21,26). The second kappa shape index (κ2) is 7.37. The summed E-state index contributed by atoms with van der Waals surface area (Å²) in [6, 6.07) is 10.9. The number of aliphatic hydroxyl groups is 1. The molecule has 2 heterocycles. The second-order valence-corrected chi connectivity index (χ2v) is 5.94. The van der Waals surface area contributed by atoms with Crippen LogP contribution in [-0.4, -0.2) is 40.1 Å². The smallest absolute Gasteiger partial charge is 0.269 e. The lowest BCUT2D eigenvalue weighted by molar-refractivity contribution is 0.0958. The fourth-order valence-electron chi connectivity index (χ4n) is 3.00. The maximum atomic E-state index is 11.9. The van der Waals surface area contributed by atoms with Crippen molar-refractivity contribution in [2.24, 2.45) is 5.73 Å². The van der Waals surface area contributed by atoms with Crippen molar-refractivity contribution in [3.8, 4) is 0 Å². The van der Waals surface area contributed by atoms with E-state index in [1.165, 1.54) is 13.1 Å². The molecule has 0 saturated carbocycles. The van der Waals surface area contributed by atoms with Gasteiger partial charge in [-0.15, -0.1) is 0 Å². The molecule has 0 spiro atoms. The number of nitrogens with zero attached hydrogens (tertiary/aromatic N) is 2. The van der Waals surface area contributed by atoms with Gasteiger partial charge in [0.15, 0.2) is 0 Å². The van der Waals surface area contributed by atoms with E-state index < -0.39 is 5.91 Å². The fourth-order valence-corrected chi connectivity index (χ4v) is 3.00. The quantitative estimate of drug-likeness (QED) is 0.616. The van der Waals surface area contributed by atoms with Crippen LogP contribution in [0.2, 0.25) is 0 Å². The van der Waals surface area contributed by atoms with Gasteiger partial charge in [0.25, 0.3) is 5.91 Å². The first-order valence-corrected chi connectivity index (χ1v) is 8.24. The Hall–Kier alpha value is -3.19. The molecule has 26 heavy (non-hydrogen) atoms. The molecule has 0 aliphatic carbocycles. The maximum absolute atomic E-state index is 11.9. The van der Waals surface area contributed by atoms with Crippen LogP contribution in [0.4, 0.5) is 0 Å². The van der Waals surface area contributed by atoms with E-state index in [1.54, 1.807) is 6.07 Å². The third-order valence-corrected chi connectivity index (χ3v) is 4.24. The lowest BCUT2D eigenvalue weighted by atomic mass is 10.0. The van der Waals surface area contributed by atoms with Crippen molar-refractivity contribution >= 4 is 22.7 Å². The molecule has 3 rings (SSSR count). The highest BCUT2D eigenvalue weighted by molar-refractivity contribution is 5.98. The Kier molecular flexibility index (Phi) is 4.99. The average molecular weight is 352 g/mol. The van der Waals surface area contributed by atoms with Crippen molar-refractivity contribution in [3.63, 3.8) is 0 Å². The number of amides is 2. The molecular weight excluding hydrogens is 332 g/mol. The van der Waals surface area contributed by atoms with Gasteiger partial charge >= 0.3 is 0 Å². The summed E-state index contributed by atoms with van der Waals surface area (Å²) in [7, 11) is 1.51. The number of aromatic nitrogens is 2. The molecule has 0 saturated heterocycles. The van der Waals surface area contributed by atoms with Crippen molar-refractivity contribution in [2.45, 2.75) is 13.0 Å². The van der Waals surface area contributed by atoms with Crippen molar-refractivity contribution in [2.75, 3.05) is 13.7 Å². The predicted molar refractivity (Wildman–Crippen MR) is 98.0 cm³/mol. The van der Waals surface area contributed by atoms with Crippen LogP contribution in [-0.2, 0) is 13.0 Å². The zero-order chi connectivity index (χ0) is 18.7. The molecule has 0 unspecified atom stereocenters. The van der Waals surface area contributed by atoms with Gasteiger partial charge in [0, 0.05) is 48.4 Å². The van der Waals surface area contributed by atoms with Gasteiger partial charge < -0.3 is 20.7 Å². The number of fused-ring (bicyclic) bond motifs is 1. The van der Waals surface area contributed by atoms with Gasteiger partial charge in [-0.2, -0.15) is 0 Å². The average Bonchev–Trinajstić information content (AvgIpc) is 3.05. The largest absolute Gasteiger partial charge is 0.395 e. The minimum Gasteiger partial charge on any atom is -0.395 e. The van der Waals surface area contributed by atoms with Crippen molar-refractivity contribution in [3.05, 3.63) is 65.1 Å². The summed E-state index contributed by atoms with van der Waals surface area (Å²) in [5.74, 6) is -0.979. The third-order valence-electron chi connectivity index (χ3n) is 4.24. The molecule has 134 valence electrons. The summed E-state index contributed by atoms with van der Waals surface area (Å²) in [4.78, 5) is 27.9. The van der Waals surface area contributed by atoms with Crippen molar-refractivity contribution in [1.82, 2.24) is 14.9 Å². The molecule has 0 fully saturated rings. The third kappa shape index (κ3) is 3.43. The molecule has 2 amide bonds. The van der Waals surface area contributed by atoms with E-state index >= 15 is 0 Å². The van der Waals surface area contributed by atoms with Crippen LogP contribution < -0.4 is 11.1 Å². The number of hydrogen-bond donors (Lipinski definition) is 3. The lowest BCUT2D eigenvalue weighted by Crippen LogP contribution is -2.21. The van der Waals surface area contributed by atoms with E-state index in [-0.39, 0.29) is 23.8 Å². The van der Waals surface area contributed by atoms with Crippen molar-refractivity contribution < 1.29 is 14.7 Å². The Balaban J connectivity index is 2.03. The summed E-state index contributed by atoms with van der Waals surface area (Å²) >= 11 is 0. The Labute approximate surface area is 150 Å². The van der Waals surface area contributed by atoms with Gasteiger partial charge in [-0.25, -0.2) is 4.98 Å². The molecule has 3 aromatic rings. The van der Waals surface area contributed by atoms with Gasteiger partial charge in [-0.05, 0) is 29.8 Å². The predicted octanol–water partition coefficient (Wildman–Crippen LogP) is 1.08. The fraction of sp³-hybridized carbons (Fsp3) is 0.211. The van der Waals surface area contributed by atoms with Gasteiger partial charge in [0.2, 0.25) is 5.91 Å². The van der Waals surface area contributed by atoms with E-state index in [0.29, 0.717) is 18.7 Å². The Bertz CT molecular complexity index is 978. The number of hydrogen-bond acceptors (Lipinski definition) is 4. The normalized spacial score (nSPS) is 10.8. The number of rotatable bonds is 6. The van der Waals surface area contributed by atoms with Gasteiger partial charge in [-0.1, -0.05) is 12.1 Å². The van der Waals surface area contributed by atoms with Gasteiger partial charge in [0.1, 0.15) is 5.69 Å². The summed E-state index contributed by atoms with van der Waals surface area (Å²) in [6.45, 7) is 0.578. The van der Waals surface area contributed by atoms with Crippen LogP contribution in [0, 0.1) is 0 Å². The first-order valence-electron chi connectivity index (χ1n) is 8.24. The number of carbonyl (C=O) groups excluding carboxylic acids is 2. The van der Waals surface area contributed by atoms with Crippen LogP contribution in [0.1, 0.15) is 32.1 Å². The molecule has 0 atom stereocenters. The van der Waals surface area contributed by atoms with Crippen LogP contribution in [0.25, 0.3) is 10.9 Å². The number of primary amides is 1. The molecule has 2 aromatic heterocycles. The monoisotopic (exact) mass is 352 g/mol. The number of nitrogens with one attached hydrogen (secondary N) is 1. The first-order chi connectivity index (χ1) is 12.5. The lowest BCUT2D eigenvalue weighted by Gasteiger charge is -2.09. The maximum Gasteiger partial charge on any atom is 0.269 e. The molecule has 0 aliphatic rings. The number of benzene rings is 1. The van der Waals surface area contributed by atoms with Gasteiger partial charge in [0.05, 0.1) is 6.61 Å². The molecule has 4 N–H and O–H groups in total. The molecule has 0 aliphatic heterocycles. The summed E-state index contributed by atoms with van der Waals surface area (Å²) < 4.78 is 1.97. The minimum atomic E-state index is -0.605. The molecule has 7 heteroatoms. The first kappa shape index (κ1) is 17.6. The Morgan fingerprint density at radius 3 is 2.77 bits per heavy atom. The van der Waals surface area contributed by atoms with Crippen LogP contribution in [0.3, 0.4) is 0 Å². The molecule has 7 nitrogen and oxygen atoms in total. The highest BCUT2D eigenvalue weighted by Gasteiger charge is 2.14. The summed E-state index contributed by atoms with van der Waals surface area (Å²) in [6.07, 6.45) is 2.37. The molecule has 0 radical (unpaired) electrons. The molecular formula is C19H20N4O3. The number of carbonyl (C=O) groups is 2. The van der Waals surface area contributed by atoms with E-state index in [4.69, 9.17) is 5.73 Å². The SMILES string of the molecule is CNC(=O)c1cc(C(N)=O)cc(Cc2cccc3c2ccn3CCO)n1. The number of pyridine rings is 1. The molecule has 0 bridgehead atoms. The van der Waals surface area contributed by atoms with E-state index in [0.717, 1.165) is 16.5 Å². The zero-order valence-corrected chi connectivity index (χ0v) is 14.4. The van der Waals surface area contributed by atoms with Gasteiger partial charge in [-0.3, -0.25) is 9.59 Å². The van der Waals surface area contributed by atoms with Crippen LogP contribution in [0.5, 0.6) is 0 Å². The van der Waals surface area contributed by atoms with Crippen LogP contribution in [0.15, 0.2) is 42.6 Å². The number of aliphatic hydroxyl groups excluding tert-OH is 1. The van der Waals surface area contributed by atoms with Crippen LogP contribution >= 0.6 is 0 Å². The Morgan fingerprint density at radius 1 is 1.27 bits per heavy atom.